The van der Waals surface area contributed by atoms with Gasteiger partial charge in [-0.2, -0.15) is 0 Å². The Labute approximate surface area is 86.0 Å². The number of hydrogen-bond donors (Lipinski definition) is 1. The van der Waals surface area contributed by atoms with E-state index in [1.165, 1.54) is 6.42 Å². The van der Waals surface area contributed by atoms with Gasteiger partial charge < -0.3 is 14.7 Å². The van der Waals surface area contributed by atoms with Crippen LogP contribution >= 0.6 is 0 Å². The van der Waals surface area contributed by atoms with Crippen molar-refractivity contribution in [2.75, 3.05) is 26.2 Å². The number of hydrogen-bond acceptors (Lipinski definition) is 3. The summed E-state index contributed by atoms with van der Waals surface area (Å²) >= 11 is 0. The van der Waals surface area contributed by atoms with E-state index in [2.05, 4.69) is 4.90 Å². The maximum atomic E-state index is 9.91. The zero-order valence-corrected chi connectivity index (χ0v) is 9.04. The van der Waals surface area contributed by atoms with Gasteiger partial charge in [-0.1, -0.05) is 0 Å². The van der Waals surface area contributed by atoms with Crippen LogP contribution in [0.2, 0.25) is 0 Å². The molecule has 0 aliphatic carbocycles. The van der Waals surface area contributed by atoms with Gasteiger partial charge in [0.25, 0.3) is 0 Å². The second kappa shape index (κ2) is 4.17. The summed E-state index contributed by atoms with van der Waals surface area (Å²) < 4.78 is 5.20. The molecule has 2 fully saturated rings. The summed E-state index contributed by atoms with van der Waals surface area (Å²) in [5, 5.41) is 9.91. The highest BCUT2D eigenvalue weighted by Crippen LogP contribution is 2.22. The van der Waals surface area contributed by atoms with Gasteiger partial charge in [0.1, 0.15) is 0 Å². The molecule has 0 aromatic heterocycles. The van der Waals surface area contributed by atoms with Gasteiger partial charge in [0.05, 0.1) is 18.3 Å². The lowest BCUT2D eigenvalue weighted by atomic mass is 9.98. The van der Waals surface area contributed by atoms with Crippen molar-refractivity contribution in [1.29, 1.82) is 0 Å². The van der Waals surface area contributed by atoms with E-state index in [0.29, 0.717) is 6.10 Å². The molecule has 3 nitrogen and oxygen atoms in total. The van der Waals surface area contributed by atoms with Gasteiger partial charge in [0.2, 0.25) is 0 Å². The zero-order valence-electron chi connectivity index (χ0n) is 9.04. The molecule has 2 aliphatic heterocycles. The van der Waals surface area contributed by atoms with Gasteiger partial charge in [-0.15, -0.1) is 0 Å². The van der Waals surface area contributed by atoms with Gasteiger partial charge in [-0.05, 0) is 39.2 Å². The van der Waals surface area contributed by atoms with E-state index in [-0.39, 0.29) is 0 Å². The summed E-state index contributed by atoms with van der Waals surface area (Å²) in [5.41, 5.74) is -0.426. The lowest BCUT2D eigenvalue weighted by Crippen LogP contribution is -2.29. The van der Waals surface area contributed by atoms with Gasteiger partial charge in [-0.25, -0.2) is 0 Å². The second-order valence-corrected chi connectivity index (χ2v) is 4.94. The summed E-state index contributed by atoms with van der Waals surface area (Å²) in [7, 11) is 0. The third-order valence-corrected chi connectivity index (χ3v) is 3.33. The smallest absolute Gasteiger partial charge is 0.0822 e. The third kappa shape index (κ3) is 3.23. The van der Waals surface area contributed by atoms with Crippen molar-refractivity contribution in [2.45, 2.75) is 44.3 Å². The Kier molecular flexibility index (Phi) is 3.10. The van der Waals surface area contributed by atoms with Gasteiger partial charge in [0.15, 0.2) is 0 Å². The minimum Gasteiger partial charge on any atom is -0.390 e. The summed E-state index contributed by atoms with van der Waals surface area (Å²) in [4.78, 5) is 2.46. The van der Waals surface area contributed by atoms with Crippen LogP contribution in [0.4, 0.5) is 0 Å². The van der Waals surface area contributed by atoms with E-state index < -0.39 is 5.60 Å². The first-order valence-corrected chi connectivity index (χ1v) is 5.72. The third-order valence-electron chi connectivity index (χ3n) is 3.33. The van der Waals surface area contributed by atoms with Crippen LogP contribution in [0.25, 0.3) is 0 Å². The predicted molar refractivity (Wildman–Crippen MR) is 55.3 cm³/mol. The molecular formula is C11H21NO2. The lowest BCUT2D eigenvalue weighted by molar-refractivity contribution is 0.0446. The molecule has 0 amide bonds. The number of epoxide rings is 1. The molecule has 2 saturated heterocycles. The van der Waals surface area contributed by atoms with Gasteiger partial charge in [-0.3, -0.25) is 0 Å². The molecule has 3 heteroatoms. The van der Waals surface area contributed by atoms with Crippen molar-refractivity contribution in [3.63, 3.8) is 0 Å². The molecule has 0 radical (unpaired) electrons. The van der Waals surface area contributed by atoms with E-state index in [9.17, 15) is 5.11 Å². The molecule has 2 atom stereocenters. The van der Waals surface area contributed by atoms with Crippen LogP contribution in [0.5, 0.6) is 0 Å². The van der Waals surface area contributed by atoms with Crippen LogP contribution in [-0.4, -0.2) is 48.0 Å². The molecule has 2 heterocycles. The van der Waals surface area contributed by atoms with Gasteiger partial charge >= 0.3 is 0 Å². The molecule has 0 aromatic rings. The minimum absolute atomic E-state index is 0.426. The molecule has 0 bridgehead atoms. The molecule has 1 N–H and O–H groups in total. The normalized spacial score (nSPS) is 39.4. The molecule has 0 saturated carbocycles. The average Bonchev–Trinajstić information content (AvgIpc) is 2.90. The Hall–Kier alpha value is -0.120. The largest absolute Gasteiger partial charge is 0.390 e. The second-order valence-electron chi connectivity index (χ2n) is 4.94. The fourth-order valence-electron chi connectivity index (χ4n) is 2.10. The molecular weight excluding hydrogens is 178 g/mol. The number of rotatable bonds is 3. The molecule has 0 spiro atoms. The maximum absolute atomic E-state index is 9.91. The maximum Gasteiger partial charge on any atom is 0.0822 e. The summed E-state index contributed by atoms with van der Waals surface area (Å²) in [6.07, 6.45) is 4.70. The van der Waals surface area contributed by atoms with Crippen LogP contribution in [0.1, 0.15) is 32.6 Å². The topological polar surface area (TPSA) is 36.0 Å². The van der Waals surface area contributed by atoms with Crippen LogP contribution in [-0.2, 0) is 4.74 Å². The first-order valence-electron chi connectivity index (χ1n) is 5.72. The molecule has 2 unspecified atom stereocenters. The molecule has 2 aliphatic rings. The first-order chi connectivity index (χ1) is 6.66. The highest BCUT2D eigenvalue weighted by molar-refractivity contribution is 4.80. The summed E-state index contributed by atoms with van der Waals surface area (Å²) in [6.45, 7) is 6.25. The van der Waals surface area contributed by atoms with Crippen LogP contribution in [0.3, 0.4) is 0 Å². The van der Waals surface area contributed by atoms with Crippen LogP contribution < -0.4 is 0 Å². The fourth-order valence-corrected chi connectivity index (χ4v) is 2.10. The molecule has 14 heavy (non-hydrogen) atoms. The Morgan fingerprint density at radius 2 is 2.21 bits per heavy atom. The fraction of sp³-hybridized carbons (Fsp3) is 1.00. The van der Waals surface area contributed by atoms with Crippen molar-refractivity contribution in [2.24, 2.45) is 0 Å². The lowest BCUT2D eigenvalue weighted by Gasteiger charge is -2.22. The van der Waals surface area contributed by atoms with Crippen molar-refractivity contribution in [1.82, 2.24) is 4.90 Å². The standard InChI is InChI=1S/C11H21NO2/c1-11(13)4-2-6-12(8-5-11)7-3-10-9-14-10/h10,13H,2-9H2,1H3. The van der Waals surface area contributed by atoms with Crippen LogP contribution in [0.15, 0.2) is 0 Å². The van der Waals surface area contributed by atoms with Crippen LogP contribution in [0, 0.1) is 0 Å². The van der Waals surface area contributed by atoms with Crippen molar-refractivity contribution < 1.29 is 9.84 Å². The summed E-state index contributed by atoms with van der Waals surface area (Å²) in [6, 6.07) is 0. The summed E-state index contributed by atoms with van der Waals surface area (Å²) in [5.74, 6) is 0. The van der Waals surface area contributed by atoms with Crippen molar-refractivity contribution in [3.8, 4) is 0 Å². The number of aliphatic hydroxyl groups is 1. The molecule has 2 rings (SSSR count). The Morgan fingerprint density at radius 3 is 2.93 bits per heavy atom. The number of nitrogens with zero attached hydrogens (tertiary/aromatic N) is 1. The van der Waals surface area contributed by atoms with E-state index in [4.69, 9.17) is 4.74 Å². The zero-order chi connectivity index (χ0) is 10.0. The van der Waals surface area contributed by atoms with E-state index >= 15 is 0 Å². The Balaban J connectivity index is 1.71. The highest BCUT2D eigenvalue weighted by Gasteiger charge is 2.27. The quantitative estimate of drug-likeness (QED) is 0.689. The van der Waals surface area contributed by atoms with E-state index in [0.717, 1.165) is 45.5 Å². The van der Waals surface area contributed by atoms with Crippen molar-refractivity contribution in [3.05, 3.63) is 0 Å². The molecule has 82 valence electrons. The van der Waals surface area contributed by atoms with E-state index in [1.807, 2.05) is 6.92 Å². The van der Waals surface area contributed by atoms with Crippen molar-refractivity contribution >= 4 is 0 Å². The number of ether oxygens (including phenoxy) is 1. The molecule has 0 aromatic carbocycles. The average molecular weight is 199 g/mol. The Bertz CT molecular complexity index is 190. The predicted octanol–water partition coefficient (Wildman–Crippen LogP) is 1.01. The first kappa shape index (κ1) is 10.4. The highest BCUT2D eigenvalue weighted by atomic mass is 16.6. The number of likely N-dealkylation sites (tertiary alicyclic amines) is 1. The monoisotopic (exact) mass is 199 g/mol. The Morgan fingerprint density at radius 1 is 1.43 bits per heavy atom. The SMILES string of the molecule is CC1(O)CCCN(CCC2CO2)CC1. The van der Waals surface area contributed by atoms with Gasteiger partial charge in [0, 0.05) is 13.1 Å². The van der Waals surface area contributed by atoms with E-state index in [1.54, 1.807) is 0 Å². The minimum atomic E-state index is -0.426.